The van der Waals surface area contributed by atoms with Crippen molar-refractivity contribution in [3.63, 3.8) is 0 Å². The molecule has 0 saturated carbocycles. The number of anilines is 3. The zero-order chi connectivity index (χ0) is 34.5. The number of fused-ring (bicyclic) bond motifs is 9. The summed E-state index contributed by atoms with van der Waals surface area (Å²) < 4.78 is 0. The number of hydrogen-bond donors (Lipinski definition) is 0. The van der Waals surface area contributed by atoms with Crippen molar-refractivity contribution in [2.24, 2.45) is 0 Å². The van der Waals surface area contributed by atoms with E-state index < -0.39 is 0 Å². The normalized spacial score (nSPS) is 14.6. The Morgan fingerprint density at radius 2 is 0.961 bits per heavy atom. The minimum atomic E-state index is -0.146. The molecule has 0 aliphatic heterocycles. The van der Waals surface area contributed by atoms with Crippen LogP contribution in [0.1, 0.15) is 49.9 Å². The van der Waals surface area contributed by atoms with Gasteiger partial charge in [0.1, 0.15) is 0 Å². The van der Waals surface area contributed by atoms with E-state index in [-0.39, 0.29) is 10.8 Å². The van der Waals surface area contributed by atoms with Gasteiger partial charge >= 0.3 is 0 Å². The topological polar surface area (TPSA) is 3.24 Å². The van der Waals surface area contributed by atoms with Crippen molar-refractivity contribution >= 4 is 38.6 Å². The van der Waals surface area contributed by atoms with Gasteiger partial charge in [-0.1, -0.05) is 161 Å². The second kappa shape index (κ2) is 10.8. The summed E-state index contributed by atoms with van der Waals surface area (Å²) in [6.45, 7) is 9.50. The van der Waals surface area contributed by atoms with Crippen LogP contribution in [0.5, 0.6) is 0 Å². The van der Waals surface area contributed by atoms with Gasteiger partial charge in [-0.3, -0.25) is 0 Å². The molecule has 244 valence electrons. The fourth-order valence-corrected chi connectivity index (χ4v) is 9.35. The van der Waals surface area contributed by atoms with Crippen molar-refractivity contribution < 1.29 is 0 Å². The summed E-state index contributed by atoms with van der Waals surface area (Å²) in [5.41, 5.74) is 16.7. The van der Waals surface area contributed by atoms with E-state index in [1.807, 2.05) is 0 Å². The van der Waals surface area contributed by atoms with Gasteiger partial charge in [-0.05, 0) is 102 Å². The molecule has 0 unspecified atom stereocenters. The van der Waals surface area contributed by atoms with E-state index in [9.17, 15) is 0 Å². The monoisotopic (exact) mass is 653 g/mol. The van der Waals surface area contributed by atoms with Crippen molar-refractivity contribution in [1.29, 1.82) is 0 Å². The number of hydrogen-bond acceptors (Lipinski definition) is 1. The maximum atomic E-state index is 2.52. The smallest absolute Gasteiger partial charge is 0.0549 e. The van der Waals surface area contributed by atoms with Crippen LogP contribution in [0.25, 0.3) is 54.9 Å². The predicted molar refractivity (Wildman–Crippen MR) is 217 cm³/mol. The van der Waals surface area contributed by atoms with E-state index >= 15 is 0 Å². The van der Waals surface area contributed by atoms with Crippen LogP contribution < -0.4 is 4.90 Å². The van der Waals surface area contributed by atoms with Gasteiger partial charge in [-0.25, -0.2) is 0 Å². The van der Waals surface area contributed by atoms with Crippen LogP contribution in [-0.4, -0.2) is 0 Å². The molecule has 0 atom stereocenters. The highest BCUT2D eigenvalue weighted by Crippen LogP contribution is 2.57. The largest absolute Gasteiger partial charge is 0.310 e. The molecule has 1 heteroatoms. The van der Waals surface area contributed by atoms with Gasteiger partial charge in [0.25, 0.3) is 0 Å². The third-order valence-corrected chi connectivity index (χ3v) is 11.8. The van der Waals surface area contributed by atoms with E-state index in [1.165, 1.54) is 88.6 Å². The molecular formula is C50H39N. The molecule has 51 heavy (non-hydrogen) atoms. The van der Waals surface area contributed by atoms with Crippen LogP contribution in [0.4, 0.5) is 17.1 Å². The lowest BCUT2D eigenvalue weighted by molar-refractivity contribution is 0.660. The Balaban J connectivity index is 1.25. The highest BCUT2D eigenvalue weighted by molar-refractivity contribution is 6.06. The van der Waals surface area contributed by atoms with Crippen molar-refractivity contribution in [1.82, 2.24) is 0 Å². The molecule has 8 aromatic carbocycles. The van der Waals surface area contributed by atoms with Gasteiger partial charge in [0, 0.05) is 27.8 Å². The first-order valence-corrected chi connectivity index (χ1v) is 18.1. The van der Waals surface area contributed by atoms with Gasteiger partial charge in [0.05, 0.1) is 5.69 Å². The lowest BCUT2D eigenvalue weighted by Crippen LogP contribution is -2.17. The van der Waals surface area contributed by atoms with Crippen LogP contribution in [0.3, 0.4) is 0 Å². The van der Waals surface area contributed by atoms with E-state index in [0.29, 0.717) is 0 Å². The van der Waals surface area contributed by atoms with Gasteiger partial charge in [-0.2, -0.15) is 0 Å². The summed E-state index contributed by atoms with van der Waals surface area (Å²) in [5.74, 6) is 0. The highest BCUT2D eigenvalue weighted by Gasteiger charge is 2.40. The Kier molecular flexibility index (Phi) is 6.34. The van der Waals surface area contributed by atoms with Crippen LogP contribution >= 0.6 is 0 Å². The first kappa shape index (κ1) is 29.9. The van der Waals surface area contributed by atoms with Crippen molar-refractivity contribution in [2.75, 3.05) is 4.90 Å². The van der Waals surface area contributed by atoms with Crippen molar-refractivity contribution in [3.05, 3.63) is 186 Å². The fraction of sp³-hybridized carbons (Fsp3) is 0.120. The SMILES string of the molecule is CC1(C)c2ccccc2-c2cc(N(c3ccc(-c4cccc5ccccc45)cc3)c3cc4ccccc4c4c3-c3ccccc3C4(C)C)ccc21. The maximum absolute atomic E-state index is 2.52. The molecule has 0 N–H and O–H groups in total. The number of benzene rings is 8. The molecule has 8 aromatic rings. The summed E-state index contributed by atoms with van der Waals surface area (Å²) >= 11 is 0. The third kappa shape index (κ3) is 4.28. The predicted octanol–water partition coefficient (Wildman–Crippen LogP) is 13.7. The molecule has 0 bridgehead atoms. The molecule has 10 rings (SSSR count). The standard InChI is InChI=1S/C50H39N/c1-49(2)43-22-11-9-19-40(43)42-31-36(28-29-45(42)49)51(35-26-24-33(25-27-35)38-21-13-16-32-14-5-7-17-37(32)38)46-30-34-15-6-8-18-39(34)48-47(46)41-20-10-12-23-44(41)50(48,3)4/h5-31H,1-4H3. The Hall–Kier alpha value is -5.92. The molecule has 0 heterocycles. The van der Waals surface area contributed by atoms with Gasteiger partial charge < -0.3 is 4.90 Å². The molecule has 0 saturated heterocycles. The van der Waals surface area contributed by atoms with Crippen LogP contribution in [0.15, 0.2) is 164 Å². The summed E-state index contributed by atoms with van der Waals surface area (Å²) in [6, 6.07) is 61.0. The van der Waals surface area contributed by atoms with Gasteiger partial charge in [0.15, 0.2) is 0 Å². The Morgan fingerprint density at radius 3 is 1.75 bits per heavy atom. The Bertz CT molecular complexity index is 2690. The lowest BCUT2D eigenvalue weighted by atomic mass is 9.80. The second-order valence-corrected chi connectivity index (χ2v) is 15.3. The van der Waals surface area contributed by atoms with E-state index in [1.54, 1.807) is 0 Å². The summed E-state index contributed by atoms with van der Waals surface area (Å²) in [7, 11) is 0. The first-order valence-electron chi connectivity index (χ1n) is 18.1. The van der Waals surface area contributed by atoms with Crippen LogP contribution in [0, 0.1) is 0 Å². The zero-order valence-electron chi connectivity index (χ0n) is 29.5. The third-order valence-electron chi connectivity index (χ3n) is 11.8. The molecule has 2 aliphatic carbocycles. The molecule has 0 amide bonds. The summed E-state index contributed by atoms with van der Waals surface area (Å²) in [5, 5.41) is 5.12. The lowest BCUT2D eigenvalue weighted by Gasteiger charge is -2.31. The van der Waals surface area contributed by atoms with Crippen LogP contribution in [0.2, 0.25) is 0 Å². The molecule has 0 spiro atoms. The second-order valence-electron chi connectivity index (χ2n) is 15.3. The van der Waals surface area contributed by atoms with Crippen molar-refractivity contribution in [2.45, 2.75) is 38.5 Å². The molecular weight excluding hydrogens is 615 g/mol. The average Bonchev–Trinajstić information content (AvgIpc) is 3.55. The molecule has 0 aromatic heterocycles. The van der Waals surface area contributed by atoms with Crippen LogP contribution in [-0.2, 0) is 10.8 Å². The maximum Gasteiger partial charge on any atom is 0.0549 e. The Morgan fingerprint density at radius 1 is 0.392 bits per heavy atom. The fourth-order valence-electron chi connectivity index (χ4n) is 9.35. The van der Waals surface area contributed by atoms with Crippen molar-refractivity contribution in [3.8, 4) is 33.4 Å². The van der Waals surface area contributed by atoms with Gasteiger partial charge in [0.2, 0.25) is 0 Å². The highest BCUT2D eigenvalue weighted by atomic mass is 15.1. The quantitative estimate of drug-likeness (QED) is 0.183. The minimum Gasteiger partial charge on any atom is -0.310 e. The molecule has 0 radical (unpaired) electrons. The Labute approximate surface area is 300 Å². The number of rotatable bonds is 4. The number of nitrogens with zero attached hydrogens (tertiary/aromatic N) is 1. The van der Waals surface area contributed by atoms with Gasteiger partial charge in [-0.15, -0.1) is 0 Å². The zero-order valence-corrected chi connectivity index (χ0v) is 29.5. The molecule has 2 aliphatic rings. The van der Waals surface area contributed by atoms with E-state index in [0.717, 1.165) is 5.69 Å². The average molecular weight is 654 g/mol. The van der Waals surface area contributed by atoms with E-state index in [4.69, 9.17) is 0 Å². The van der Waals surface area contributed by atoms with E-state index in [2.05, 4.69) is 196 Å². The molecule has 1 nitrogen and oxygen atoms in total. The molecule has 0 fully saturated rings. The minimum absolute atomic E-state index is 0.0530. The summed E-state index contributed by atoms with van der Waals surface area (Å²) in [4.78, 5) is 2.52. The summed E-state index contributed by atoms with van der Waals surface area (Å²) in [6.07, 6.45) is 0. The first-order chi connectivity index (χ1) is 24.8.